The number of benzene rings is 2. The highest BCUT2D eigenvalue weighted by molar-refractivity contribution is 6.35. The van der Waals surface area contributed by atoms with Gasteiger partial charge in [-0.05, 0) is 30.3 Å². The van der Waals surface area contributed by atoms with Crippen molar-refractivity contribution >= 4 is 40.5 Å². The van der Waals surface area contributed by atoms with Gasteiger partial charge < -0.3 is 10.4 Å². The molecule has 0 bridgehead atoms. The van der Waals surface area contributed by atoms with Gasteiger partial charge in [-0.15, -0.1) is 0 Å². The van der Waals surface area contributed by atoms with Crippen LogP contribution in [0.2, 0.25) is 15.1 Å². The molecule has 2 nitrogen and oxygen atoms in total. The van der Waals surface area contributed by atoms with E-state index in [9.17, 15) is 5.11 Å². The van der Waals surface area contributed by atoms with E-state index in [1.54, 1.807) is 36.4 Å². The van der Waals surface area contributed by atoms with Crippen LogP contribution >= 0.6 is 34.8 Å². The van der Waals surface area contributed by atoms with E-state index in [0.717, 1.165) is 0 Å². The highest BCUT2D eigenvalue weighted by Gasteiger charge is 2.07. The molecule has 0 fully saturated rings. The van der Waals surface area contributed by atoms with Gasteiger partial charge in [0.05, 0.1) is 10.7 Å². The zero-order valence-electron chi connectivity index (χ0n) is 9.25. The summed E-state index contributed by atoms with van der Waals surface area (Å²) in [5, 5.41) is 14.5. The van der Waals surface area contributed by atoms with Crippen LogP contribution in [0.3, 0.4) is 0 Å². The number of hydrogen-bond donors (Lipinski definition) is 2. The maximum absolute atomic E-state index is 9.71. The molecule has 0 aliphatic heterocycles. The molecule has 2 aromatic carbocycles. The maximum atomic E-state index is 9.71. The van der Waals surface area contributed by atoms with Gasteiger partial charge >= 0.3 is 0 Å². The zero-order valence-corrected chi connectivity index (χ0v) is 11.5. The number of hydrogen-bond acceptors (Lipinski definition) is 2. The van der Waals surface area contributed by atoms with Crippen LogP contribution in [-0.2, 0) is 6.54 Å². The third-order valence-corrected chi connectivity index (χ3v) is 3.40. The Labute approximate surface area is 120 Å². The van der Waals surface area contributed by atoms with Crippen LogP contribution in [0, 0.1) is 0 Å². The second-order valence-electron chi connectivity index (χ2n) is 3.72. The van der Waals surface area contributed by atoms with Gasteiger partial charge in [0.1, 0.15) is 5.75 Å². The van der Waals surface area contributed by atoms with Crippen molar-refractivity contribution in [2.45, 2.75) is 6.54 Å². The first kappa shape index (κ1) is 13.3. The van der Waals surface area contributed by atoms with Crippen molar-refractivity contribution in [3.63, 3.8) is 0 Å². The monoisotopic (exact) mass is 301 g/mol. The number of nitrogens with one attached hydrogen (secondary N) is 1. The van der Waals surface area contributed by atoms with Crippen molar-refractivity contribution in [3.8, 4) is 5.75 Å². The number of phenolic OH excluding ortho intramolecular Hbond substituents is 1. The van der Waals surface area contributed by atoms with Gasteiger partial charge in [0.15, 0.2) is 0 Å². The number of halogens is 3. The molecule has 18 heavy (non-hydrogen) atoms. The third-order valence-electron chi connectivity index (χ3n) is 2.48. The minimum Gasteiger partial charge on any atom is -0.508 e. The van der Waals surface area contributed by atoms with Crippen LogP contribution in [0.15, 0.2) is 36.4 Å². The van der Waals surface area contributed by atoms with Crippen molar-refractivity contribution < 1.29 is 5.11 Å². The van der Waals surface area contributed by atoms with E-state index in [4.69, 9.17) is 34.8 Å². The molecule has 0 aliphatic rings. The number of anilines is 1. The van der Waals surface area contributed by atoms with Gasteiger partial charge in [-0.25, -0.2) is 0 Å². The van der Waals surface area contributed by atoms with E-state index in [1.807, 2.05) is 0 Å². The first-order valence-electron chi connectivity index (χ1n) is 5.23. The molecule has 0 aliphatic carbocycles. The first-order chi connectivity index (χ1) is 8.58. The molecule has 0 unspecified atom stereocenters. The molecular formula is C13H10Cl3NO. The topological polar surface area (TPSA) is 32.3 Å². The van der Waals surface area contributed by atoms with Gasteiger partial charge in [-0.1, -0.05) is 40.9 Å². The van der Waals surface area contributed by atoms with Crippen molar-refractivity contribution in [2.75, 3.05) is 5.32 Å². The molecule has 2 N–H and O–H groups in total. The molecule has 0 spiro atoms. The van der Waals surface area contributed by atoms with Crippen LogP contribution in [0.1, 0.15) is 5.56 Å². The average Bonchev–Trinajstić information content (AvgIpc) is 2.33. The lowest BCUT2D eigenvalue weighted by molar-refractivity contribution is 0.469. The van der Waals surface area contributed by atoms with Crippen LogP contribution in [0.5, 0.6) is 5.75 Å². The Balaban J connectivity index is 2.19. The molecule has 0 aromatic heterocycles. The highest BCUT2D eigenvalue weighted by Crippen LogP contribution is 2.29. The largest absolute Gasteiger partial charge is 0.508 e. The predicted octanol–water partition coefficient (Wildman–Crippen LogP) is 4.96. The Morgan fingerprint density at radius 3 is 2.50 bits per heavy atom. The lowest BCUT2D eigenvalue weighted by Gasteiger charge is -2.11. The Morgan fingerprint density at radius 2 is 1.78 bits per heavy atom. The summed E-state index contributed by atoms with van der Waals surface area (Å²) in [7, 11) is 0. The summed E-state index contributed by atoms with van der Waals surface area (Å²) in [4.78, 5) is 0. The highest BCUT2D eigenvalue weighted by atomic mass is 35.5. The van der Waals surface area contributed by atoms with Crippen LogP contribution in [0.25, 0.3) is 0 Å². The molecule has 2 rings (SSSR count). The summed E-state index contributed by atoms with van der Waals surface area (Å²) in [6, 6.07) is 10.1. The van der Waals surface area contributed by atoms with Crippen LogP contribution < -0.4 is 5.32 Å². The quantitative estimate of drug-likeness (QED) is 0.839. The van der Waals surface area contributed by atoms with E-state index in [0.29, 0.717) is 32.9 Å². The molecule has 5 heteroatoms. The second-order valence-corrected chi connectivity index (χ2v) is 4.97. The summed E-state index contributed by atoms with van der Waals surface area (Å²) in [5.41, 5.74) is 1.32. The number of phenols is 1. The molecule has 94 valence electrons. The molecule has 0 radical (unpaired) electrons. The first-order valence-corrected chi connectivity index (χ1v) is 6.36. The van der Waals surface area contributed by atoms with E-state index in [2.05, 4.69) is 5.32 Å². The second kappa shape index (κ2) is 5.70. The van der Waals surface area contributed by atoms with Crippen molar-refractivity contribution in [2.24, 2.45) is 0 Å². The van der Waals surface area contributed by atoms with Gasteiger partial charge in [0, 0.05) is 22.2 Å². The molecule has 2 aromatic rings. The summed E-state index contributed by atoms with van der Waals surface area (Å²) >= 11 is 17.9. The fourth-order valence-corrected chi connectivity index (χ4v) is 2.13. The normalized spacial score (nSPS) is 10.4. The van der Waals surface area contributed by atoms with E-state index in [1.165, 1.54) is 0 Å². The predicted molar refractivity (Wildman–Crippen MR) is 76.9 cm³/mol. The fraction of sp³-hybridized carbons (Fsp3) is 0.0769. The molecule has 0 heterocycles. The van der Waals surface area contributed by atoms with Gasteiger partial charge in [0.25, 0.3) is 0 Å². The summed E-state index contributed by atoms with van der Waals surface area (Å²) < 4.78 is 0. The molecule has 0 saturated heterocycles. The lowest BCUT2D eigenvalue weighted by Crippen LogP contribution is -2.01. The Morgan fingerprint density at radius 1 is 1.00 bits per heavy atom. The van der Waals surface area contributed by atoms with Gasteiger partial charge in [0.2, 0.25) is 0 Å². The minimum atomic E-state index is 0.146. The molecular weight excluding hydrogens is 293 g/mol. The third kappa shape index (κ3) is 3.02. The smallest absolute Gasteiger partial charge is 0.122 e. The molecule has 0 saturated carbocycles. The average molecular weight is 303 g/mol. The van der Waals surface area contributed by atoms with Gasteiger partial charge in [-0.3, -0.25) is 0 Å². The Hall–Kier alpha value is -1.09. The minimum absolute atomic E-state index is 0.146. The fourth-order valence-electron chi connectivity index (χ4n) is 1.54. The van der Waals surface area contributed by atoms with Crippen molar-refractivity contribution in [3.05, 3.63) is 57.0 Å². The van der Waals surface area contributed by atoms with Crippen molar-refractivity contribution in [1.82, 2.24) is 0 Å². The zero-order chi connectivity index (χ0) is 13.1. The van der Waals surface area contributed by atoms with Crippen LogP contribution in [0.4, 0.5) is 5.69 Å². The van der Waals surface area contributed by atoms with E-state index >= 15 is 0 Å². The number of aromatic hydroxyl groups is 1. The summed E-state index contributed by atoms with van der Waals surface area (Å²) in [6.07, 6.45) is 0. The SMILES string of the molecule is Oc1cccc(Cl)c1CNc1cc(Cl)ccc1Cl. The van der Waals surface area contributed by atoms with Gasteiger partial charge in [-0.2, -0.15) is 0 Å². The summed E-state index contributed by atoms with van der Waals surface area (Å²) in [5.74, 6) is 0.146. The maximum Gasteiger partial charge on any atom is 0.122 e. The Kier molecular flexibility index (Phi) is 4.23. The van der Waals surface area contributed by atoms with Crippen molar-refractivity contribution in [1.29, 1.82) is 0 Å². The standard InChI is InChI=1S/C13H10Cl3NO/c14-8-4-5-11(16)12(6-8)17-7-9-10(15)2-1-3-13(9)18/h1-6,17-18H,7H2. The van der Waals surface area contributed by atoms with Crippen LogP contribution in [-0.4, -0.2) is 5.11 Å². The molecule has 0 amide bonds. The Bertz CT molecular complexity index is 552. The van der Waals surface area contributed by atoms with E-state index < -0.39 is 0 Å². The van der Waals surface area contributed by atoms with E-state index in [-0.39, 0.29) is 5.75 Å². The summed E-state index contributed by atoms with van der Waals surface area (Å²) in [6.45, 7) is 0.367. The lowest BCUT2D eigenvalue weighted by atomic mass is 10.2. The number of rotatable bonds is 3. The molecule has 0 atom stereocenters.